The first-order chi connectivity index (χ1) is 14.5. The number of aromatic hydroxyl groups is 1. The maximum Gasteiger partial charge on any atom is 0.312 e. The number of ketones is 1. The molecule has 0 amide bonds. The van der Waals surface area contributed by atoms with Crippen LogP contribution in [0.15, 0.2) is 58.9 Å². The fraction of sp³-hybridized carbons (Fsp3) is 0.130. The van der Waals surface area contributed by atoms with Gasteiger partial charge in [0, 0.05) is 17.6 Å². The molecule has 0 fully saturated rings. The van der Waals surface area contributed by atoms with Crippen molar-refractivity contribution in [2.24, 2.45) is 0 Å². The lowest BCUT2D eigenvalue weighted by atomic mass is 9.84. The van der Waals surface area contributed by atoms with Crippen molar-refractivity contribution in [3.05, 3.63) is 76.9 Å². The Morgan fingerprint density at radius 1 is 1.13 bits per heavy atom. The van der Waals surface area contributed by atoms with Gasteiger partial charge in [0.1, 0.15) is 17.3 Å². The predicted molar refractivity (Wildman–Crippen MR) is 105 cm³/mol. The molecule has 0 radical (unpaired) electrons. The van der Waals surface area contributed by atoms with E-state index in [4.69, 9.17) is 18.6 Å². The molecule has 0 bridgehead atoms. The van der Waals surface area contributed by atoms with Crippen molar-refractivity contribution in [2.45, 2.75) is 12.3 Å². The maximum atomic E-state index is 12.9. The highest BCUT2D eigenvalue weighted by Gasteiger charge is 2.38. The largest absolute Gasteiger partial charge is 0.504 e. The average Bonchev–Trinajstić information content (AvgIpc) is 3.35. The number of furan rings is 1. The van der Waals surface area contributed by atoms with E-state index in [9.17, 15) is 14.7 Å². The molecule has 3 aromatic rings. The summed E-state index contributed by atoms with van der Waals surface area (Å²) in [6, 6.07) is 11.5. The van der Waals surface area contributed by atoms with E-state index in [1.807, 2.05) is 0 Å². The second-order valence-electron chi connectivity index (χ2n) is 6.97. The van der Waals surface area contributed by atoms with E-state index in [0.717, 1.165) is 0 Å². The van der Waals surface area contributed by atoms with E-state index in [2.05, 4.69) is 0 Å². The summed E-state index contributed by atoms with van der Waals surface area (Å²) in [5.41, 5.74) is 1.65. The monoisotopic (exact) mass is 404 g/mol. The molecule has 1 atom stereocenters. The maximum absolute atomic E-state index is 12.9. The first-order valence-corrected chi connectivity index (χ1v) is 9.27. The summed E-state index contributed by atoms with van der Waals surface area (Å²) >= 11 is 0. The van der Waals surface area contributed by atoms with E-state index in [-0.39, 0.29) is 23.7 Å². The van der Waals surface area contributed by atoms with Crippen LogP contribution in [0.4, 0.5) is 0 Å². The van der Waals surface area contributed by atoms with Crippen LogP contribution in [0.1, 0.15) is 39.6 Å². The number of methoxy groups -OCH3 is 1. The van der Waals surface area contributed by atoms with Crippen molar-refractivity contribution in [1.29, 1.82) is 0 Å². The summed E-state index contributed by atoms with van der Waals surface area (Å²) in [4.78, 5) is 25.1. The van der Waals surface area contributed by atoms with Crippen LogP contribution >= 0.6 is 0 Å². The molecule has 0 aliphatic carbocycles. The molecule has 2 aromatic carbocycles. The number of ether oxygens (including phenoxy) is 3. The minimum absolute atomic E-state index is 0.0431. The van der Waals surface area contributed by atoms with Crippen LogP contribution < -0.4 is 14.2 Å². The Labute approximate surface area is 171 Å². The summed E-state index contributed by atoms with van der Waals surface area (Å²) in [6.07, 6.45) is 3.08. The molecule has 7 heteroatoms. The van der Waals surface area contributed by atoms with Crippen LogP contribution in [0, 0.1) is 0 Å². The zero-order valence-electron chi connectivity index (χ0n) is 15.9. The standard InChI is InChI=1S/C23H16O7/c1-27-17-6-4-12(9-16(17)24)15-11-20(25)29-18-7-5-14-22(26)19(30-23(14)21(15)18)10-13-3-2-8-28-13/h2-10,15,24H,11H2,1H3/b19-10-/t15-/m1/s1. The second-order valence-corrected chi connectivity index (χ2v) is 6.97. The van der Waals surface area contributed by atoms with Crippen molar-refractivity contribution in [2.75, 3.05) is 7.11 Å². The zero-order valence-corrected chi connectivity index (χ0v) is 15.9. The molecule has 2 aliphatic rings. The van der Waals surface area contributed by atoms with Crippen LogP contribution in [0.3, 0.4) is 0 Å². The van der Waals surface area contributed by atoms with Crippen LogP contribution in [-0.2, 0) is 4.79 Å². The Morgan fingerprint density at radius 3 is 2.73 bits per heavy atom. The SMILES string of the molecule is COc1ccc([C@H]2CC(=O)Oc3ccc4c(c32)O/C(=C\c2ccco2)C4=O)cc1O. The summed E-state index contributed by atoms with van der Waals surface area (Å²) in [7, 11) is 1.46. The van der Waals surface area contributed by atoms with Crippen molar-refractivity contribution in [1.82, 2.24) is 0 Å². The van der Waals surface area contributed by atoms with Crippen molar-refractivity contribution >= 4 is 17.8 Å². The number of fused-ring (bicyclic) bond motifs is 3. The third kappa shape index (κ3) is 2.83. The Balaban J connectivity index is 1.63. The molecule has 7 nitrogen and oxygen atoms in total. The highest BCUT2D eigenvalue weighted by molar-refractivity contribution is 6.15. The number of phenolic OH excluding ortho intramolecular Hbond substituents is 1. The van der Waals surface area contributed by atoms with Gasteiger partial charge in [0.15, 0.2) is 17.3 Å². The topological polar surface area (TPSA) is 95.2 Å². The molecule has 0 unspecified atom stereocenters. The highest BCUT2D eigenvalue weighted by Crippen LogP contribution is 2.49. The Kier molecular flexibility index (Phi) is 4.10. The van der Waals surface area contributed by atoms with Gasteiger partial charge < -0.3 is 23.7 Å². The minimum atomic E-state index is -0.455. The molecule has 5 rings (SSSR count). The number of carbonyl (C=O) groups excluding carboxylic acids is 2. The van der Waals surface area contributed by atoms with E-state index in [0.29, 0.717) is 39.7 Å². The van der Waals surface area contributed by atoms with E-state index < -0.39 is 11.9 Å². The highest BCUT2D eigenvalue weighted by atomic mass is 16.5. The Morgan fingerprint density at radius 2 is 2.00 bits per heavy atom. The van der Waals surface area contributed by atoms with Crippen molar-refractivity contribution in [3.8, 4) is 23.0 Å². The van der Waals surface area contributed by atoms with Gasteiger partial charge in [-0.1, -0.05) is 6.07 Å². The third-order valence-corrected chi connectivity index (χ3v) is 5.20. The molecule has 0 saturated carbocycles. The normalized spacial score (nSPS) is 18.6. The number of benzene rings is 2. The average molecular weight is 404 g/mol. The van der Waals surface area contributed by atoms with Crippen molar-refractivity contribution in [3.63, 3.8) is 0 Å². The number of Topliss-reactive ketones (excluding diaryl/α,β-unsaturated/α-hetero) is 1. The summed E-state index contributed by atoms with van der Waals surface area (Å²) in [5, 5.41) is 10.2. The van der Waals surface area contributed by atoms with Gasteiger partial charge in [-0.2, -0.15) is 0 Å². The molecule has 2 aliphatic heterocycles. The zero-order chi connectivity index (χ0) is 20.8. The van der Waals surface area contributed by atoms with E-state index in [1.165, 1.54) is 19.4 Å². The number of hydrogen-bond donors (Lipinski definition) is 1. The van der Waals surface area contributed by atoms with Gasteiger partial charge in [-0.25, -0.2) is 0 Å². The van der Waals surface area contributed by atoms with E-state index >= 15 is 0 Å². The van der Waals surface area contributed by atoms with Crippen molar-refractivity contribution < 1.29 is 33.3 Å². The number of carbonyl (C=O) groups is 2. The van der Waals surface area contributed by atoms with Gasteiger partial charge in [0.25, 0.3) is 0 Å². The Hall–Kier alpha value is -4.00. The first-order valence-electron chi connectivity index (χ1n) is 9.27. The lowest BCUT2D eigenvalue weighted by Gasteiger charge is -2.26. The lowest BCUT2D eigenvalue weighted by molar-refractivity contribution is -0.135. The molecule has 0 saturated heterocycles. The van der Waals surface area contributed by atoms with Gasteiger partial charge in [-0.05, 0) is 42.0 Å². The molecule has 1 aromatic heterocycles. The molecular formula is C23H16O7. The number of phenols is 1. The summed E-state index contributed by atoms with van der Waals surface area (Å²) in [5.74, 6) is 0.439. The van der Waals surface area contributed by atoms with Gasteiger partial charge >= 0.3 is 5.97 Å². The molecular weight excluding hydrogens is 388 g/mol. The number of rotatable bonds is 3. The quantitative estimate of drug-likeness (QED) is 0.400. The molecule has 3 heterocycles. The lowest BCUT2D eigenvalue weighted by Crippen LogP contribution is -2.21. The van der Waals surface area contributed by atoms with Crippen LogP contribution in [-0.4, -0.2) is 24.0 Å². The third-order valence-electron chi connectivity index (χ3n) is 5.20. The van der Waals surface area contributed by atoms with Gasteiger partial charge in [0.05, 0.1) is 25.4 Å². The number of hydrogen-bond acceptors (Lipinski definition) is 7. The predicted octanol–water partition coefficient (Wildman–Crippen LogP) is 4.05. The van der Waals surface area contributed by atoms with Crippen LogP contribution in [0.5, 0.6) is 23.0 Å². The fourth-order valence-corrected chi connectivity index (χ4v) is 3.82. The Bertz CT molecular complexity index is 1200. The van der Waals surface area contributed by atoms with Gasteiger partial charge in [-0.15, -0.1) is 0 Å². The van der Waals surface area contributed by atoms with E-state index in [1.54, 1.807) is 42.5 Å². The van der Waals surface area contributed by atoms with Crippen LogP contribution in [0.25, 0.3) is 6.08 Å². The number of allylic oxidation sites excluding steroid dienone is 1. The smallest absolute Gasteiger partial charge is 0.312 e. The molecule has 1 N–H and O–H groups in total. The van der Waals surface area contributed by atoms with Crippen LogP contribution in [0.2, 0.25) is 0 Å². The fourth-order valence-electron chi connectivity index (χ4n) is 3.82. The molecule has 150 valence electrons. The molecule has 30 heavy (non-hydrogen) atoms. The number of esters is 1. The van der Waals surface area contributed by atoms with Gasteiger partial charge in [-0.3, -0.25) is 9.59 Å². The summed E-state index contributed by atoms with van der Waals surface area (Å²) < 4.78 is 21.7. The first kappa shape index (κ1) is 18.1. The summed E-state index contributed by atoms with van der Waals surface area (Å²) in [6.45, 7) is 0. The van der Waals surface area contributed by atoms with Gasteiger partial charge in [0.2, 0.25) is 5.78 Å². The minimum Gasteiger partial charge on any atom is -0.504 e. The second kappa shape index (κ2) is 6.81. The molecule has 0 spiro atoms.